The van der Waals surface area contributed by atoms with Crippen LogP contribution < -0.4 is 16.0 Å². The highest BCUT2D eigenvalue weighted by Gasteiger charge is 2.33. The fraction of sp³-hybridized carbons (Fsp3) is 0.438. The van der Waals surface area contributed by atoms with E-state index >= 15 is 0 Å². The van der Waals surface area contributed by atoms with Gasteiger partial charge in [0.1, 0.15) is 0 Å². The number of aromatic nitrogens is 2. The van der Waals surface area contributed by atoms with E-state index in [1.807, 2.05) is 60.9 Å². The number of benzene rings is 3. The molecule has 0 spiro atoms. The number of aliphatic carboxylic acids is 3. The van der Waals surface area contributed by atoms with E-state index in [-0.39, 0.29) is 17.8 Å². The normalized spacial score (nSPS) is 20.8. The Morgan fingerprint density at radius 1 is 0.550 bits per heavy atom. The van der Waals surface area contributed by atoms with Crippen molar-refractivity contribution in [1.29, 1.82) is 0 Å². The van der Waals surface area contributed by atoms with Crippen LogP contribution in [0.1, 0.15) is 52.6 Å². The van der Waals surface area contributed by atoms with Gasteiger partial charge in [-0.1, -0.05) is 36.4 Å². The summed E-state index contributed by atoms with van der Waals surface area (Å²) < 4.78 is 0. The molecule has 6 atom stereocenters. The minimum Gasteiger partial charge on any atom is -0.481 e. The molecule has 0 aliphatic carbocycles. The zero-order valence-electron chi connectivity index (χ0n) is 34.1. The summed E-state index contributed by atoms with van der Waals surface area (Å²) in [4.78, 5) is 49.1. The lowest BCUT2D eigenvalue weighted by atomic mass is 9.85. The number of carbonyl (C=O) groups is 3. The quantitative estimate of drug-likeness (QED) is 0.0652. The van der Waals surface area contributed by atoms with Crippen LogP contribution in [0.5, 0.6) is 0 Å². The SMILES string of the molecule is O=C(O)C(Cc1cccc(CN(Cc2ccnc3ccc(CC(C(=O)O)C4CCNC4)cc23)Cc2ccnc3ccc(CC(C(=O)O)C4CCNC4)cc23)c1)C1CCNC1. The summed E-state index contributed by atoms with van der Waals surface area (Å²) in [6.07, 6.45) is 7.58. The molecule has 3 aliphatic rings. The first kappa shape index (κ1) is 41.5. The van der Waals surface area contributed by atoms with Gasteiger partial charge in [-0.2, -0.15) is 0 Å². The Morgan fingerprint density at radius 2 is 0.967 bits per heavy atom. The highest BCUT2D eigenvalue weighted by molar-refractivity contribution is 5.84. The van der Waals surface area contributed by atoms with Crippen molar-refractivity contribution in [3.8, 4) is 0 Å². The predicted octanol–water partition coefficient (Wildman–Crippen LogP) is 5.54. The Hall–Kier alpha value is -5.27. The Balaban J connectivity index is 1.12. The largest absolute Gasteiger partial charge is 0.481 e. The van der Waals surface area contributed by atoms with Crippen molar-refractivity contribution >= 4 is 39.7 Å². The molecule has 12 heteroatoms. The summed E-state index contributed by atoms with van der Waals surface area (Å²) in [5, 5.41) is 42.6. The van der Waals surface area contributed by atoms with Crippen LogP contribution >= 0.6 is 0 Å². The van der Waals surface area contributed by atoms with Gasteiger partial charge in [-0.3, -0.25) is 29.3 Å². The van der Waals surface area contributed by atoms with Crippen molar-refractivity contribution in [2.24, 2.45) is 35.5 Å². The molecule has 12 nitrogen and oxygen atoms in total. The minimum absolute atomic E-state index is 0.0869. The number of nitrogens with one attached hydrogen (secondary N) is 3. The summed E-state index contributed by atoms with van der Waals surface area (Å²) in [6, 6.07) is 24.6. The Kier molecular flexibility index (Phi) is 13.1. The maximum atomic E-state index is 12.4. The van der Waals surface area contributed by atoms with Gasteiger partial charge in [0.2, 0.25) is 0 Å². The topological polar surface area (TPSA) is 177 Å². The van der Waals surface area contributed by atoms with E-state index in [1.54, 1.807) is 0 Å². The Morgan fingerprint density at radius 3 is 1.37 bits per heavy atom. The summed E-state index contributed by atoms with van der Waals surface area (Å²) in [7, 11) is 0. The second-order valence-electron chi connectivity index (χ2n) is 17.3. The molecule has 5 heterocycles. The Bertz CT molecular complexity index is 2200. The van der Waals surface area contributed by atoms with Crippen molar-refractivity contribution in [1.82, 2.24) is 30.8 Å². The lowest BCUT2D eigenvalue weighted by Crippen LogP contribution is -2.27. The third-order valence-corrected chi connectivity index (χ3v) is 13.3. The number of hydrogen-bond donors (Lipinski definition) is 6. The zero-order valence-corrected chi connectivity index (χ0v) is 34.1. The van der Waals surface area contributed by atoms with Crippen LogP contribution in [-0.4, -0.2) is 87.4 Å². The number of nitrogens with zero attached hydrogens (tertiary/aromatic N) is 3. The molecule has 2 aromatic heterocycles. The van der Waals surface area contributed by atoms with Gasteiger partial charge in [0.25, 0.3) is 0 Å². The number of fused-ring (bicyclic) bond motifs is 2. The van der Waals surface area contributed by atoms with Crippen molar-refractivity contribution in [2.75, 3.05) is 39.3 Å². The van der Waals surface area contributed by atoms with Gasteiger partial charge in [-0.05, 0) is 165 Å². The van der Waals surface area contributed by atoms with E-state index in [1.165, 1.54) is 0 Å². The summed E-state index contributed by atoms with van der Waals surface area (Å²) in [6.45, 7) is 6.37. The molecule has 0 bridgehead atoms. The van der Waals surface area contributed by atoms with E-state index in [4.69, 9.17) is 9.97 Å². The van der Waals surface area contributed by atoms with Gasteiger partial charge in [0.15, 0.2) is 0 Å². The van der Waals surface area contributed by atoms with E-state index in [0.29, 0.717) is 52.0 Å². The molecule has 3 aromatic carbocycles. The molecule has 5 aromatic rings. The highest BCUT2D eigenvalue weighted by Crippen LogP contribution is 2.31. The molecule has 314 valence electrons. The molecule has 3 fully saturated rings. The average Bonchev–Trinajstić information content (AvgIpc) is 4.07. The van der Waals surface area contributed by atoms with Gasteiger partial charge in [-0.25, -0.2) is 0 Å². The lowest BCUT2D eigenvalue weighted by molar-refractivity contribution is -0.144. The molecule has 3 saturated heterocycles. The van der Waals surface area contributed by atoms with Crippen LogP contribution in [0, 0.1) is 35.5 Å². The third kappa shape index (κ3) is 9.84. The fourth-order valence-electron chi connectivity index (χ4n) is 9.98. The molecule has 0 radical (unpaired) electrons. The van der Waals surface area contributed by atoms with Crippen molar-refractivity contribution in [3.05, 3.63) is 119 Å². The molecular weight excluding hydrogens is 757 g/mol. The molecule has 3 aliphatic heterocycles. The van der Waals surface area contributed by atoms with E-state index < -0.39 is 35.7 Å². The van der Waals surface area contributed by atoms with Crippen LogP contribution in [0.2, 0.25) is 0 Å². The molecule has 6 unspecified atom stereocenters. The second kappa shape index (κ2) is 19.0. The first-order chi connectivity index (χ1) is 29.2. The summed E-state index contributed by atoms with van der Waals surface area (Å²) in [5.74, 6) is -3.42. The Labute approximate surface area is 350 Å². The maximum absolute atomic E-state index is 12.4. The van der Waals surface area contributed by atoms with Crippen LogP contribution in [0.4, 0.5) is 0 Å². The van der Waals surface area contributed by atoms with Crippen LogP contribution in [0.15, 0.2) is 85.2 Å². The van der Waals surface area contributed by atoms with E-state index in [2.05, 4.69) is 45.1 Å². The molecule has 0 saturated carbocycles. The lowest BCUT2D eigenvalue weighted by Gasteiger charge is -2.25. The van der Waals surface area contributed by atoms with Crippen LogP contribution in [0.3, 0.4) is 0 Å². The standard InChI is InChI=1S/C48H56N6O6/c55-46(56)41(34-8-13-49-24-34)21-30-2-1-3-33(18-30)27-54(28-37-11-16-52-44-6-4-31(19-39(37)44)22-42(47(57)58)35-9-14-50-25-35)29-38-12-17-53-45-7-5-32(20-40(38)45)23-43(48(59)60)36-10-15-51-26-36/h1-7,11-12,16-20,34-36,41-43,49-51H,8-10,13-15,21-29H2,(H,55,56)(H,57,58)(H,59,60). The van der Waals surface area contributed by atoms with Gasteiger partial charge < -0.3 is 31.3 Å². The smallest absolute Gasteiger partial charge is 0.307 e. The zero-order chi connectivity index (χ0) is 41.6. The fourth-order valence-corrected chi connectivity index (χ4v) is 9.98. The first-order valence-electron chi connectivity index (χ1n) is 21.5. The number of carboxylic acids is 3. The number of hydrogen-bond acceptors (Lipinski definition) is 9. The molecular formula is C48H56N6O6. The monoisotopic (exact) mass is 812 g/mol. The third-order valence-electron chi connectivity index (χ3n) is 13.3. The highest BCUT2D eigenvalue weighted by atomic mass is 16.4. The van der Waals surface area contributed by atoms with Gasteiger partial charge in [0, 0.05) is 42.8 Å². The molecule has 8 rings (SSSR count). The molecule has 0 amide bonds. The number of pyridine rings is 2. The summed E-state index contributed by atoms with van der Waals surface area (Å²) in [5.41, 5.74) is 7.85. The molecule has 60 heavy (non-hydrogen) atoms. The minimum atomic E-state index is -0.764. The van der Waals surface area contributed by atoms with Gasteiger partial charge >= 0.3 is 17.9 Å². The van der Waals surface area contributed by atoms with E-state index in [0.717, 1.165) is 101 Å². The van der Waals surface area contributed by atoms with Crippen LogP contribution in [-0.2, 0) is 53.3 Å². The van der Waals surface area contributed by atoms with Crippen LogP contribution in [0.25, 0.3) is 21.8 Å². The van der Waals surface area contributed by atoms with E-state index in [9.17, 15) is 29.7 Å². The first-order valence-corrected chi connectivity index (χ1v) is 21.5. The molecule has 6 N–H and O–H groups in total. The van der Waals surface area contributed by atoms with Crippen molar-refractivity contribution in [2.45, 2.75) is 58.2 Å². The second-order valence-corrected chi connectivity index (χ2v) is 17.3. The predicted molar refractivity (Wildman–Crippen MR) is 230 cm³/mol. The van der Waals surface area contributed by atoms with Gasteiger partial charge in [-0.15, -0.1) is 0 Å². The van der Waals surface area contributed by atoms with Crippen molar-refractivity contribution < 1.29 is 29.7 Å². The number of carboxylic acid groups (broad SMARTS) is 3. The van der Waals surface area contributed by atoms with Crippen molar-refractivity contribution in [3.63, 3.8) is 0 Å². The number of rotatable bonds is 18. The summed E-state index contributed by atoms with van der Waals surface area (Å²) >= 11 is 0. The maximum Gasteiger partial charge on any atom is 0.307 e. The average molecular weight is 813 g/mol. The van der Waals surface area contributed by atoms with Gasteiger partial charge in [0.05, 0.1) is 28.8 Å².